The van der Waals surface area contributed by atoms with E-state index in [1.807, 2.05) is 6.92 Å². The molecule has 82 valence electrons. The van der Waals surface area contributed by atoms with E-state index in [0.717, 1.165) is 12.8 Å². The first-order valence-electron chi connectivity index (χ1n) is 5.05. The number of hydrogen-bond acceptors (Lipinski definition) is 4. The molecule has 0 aliphatic carbocycles. The molecular weight excluding hydrogens is 212 g/mol. The Balaban J connectivity index is 1.92. The number of aliphatic hydroxyl groups is 1. The summed E-state index contributed by atoms with van der Waals surface area (Å²) < 4.78 is 0. The maximum Gasteiger partial charge on any atom is 0.265 e. The molecule has 1 aliphatic heterocycles. The maximum absolute atomic E-state index is 11.8. The van der Waals surface area contributed by atoms with E-state index in [0.29, 0.717) is 18.0 Å². The second-order valence-corrected chi connectivity index (χ2v) is 4.89. The highest BCUT2D eigenvalue weighted by Crippen LogP contribution is 2.27. The molecule has 1 aromatic heterocycles. The second-order valence-electron chi connectivity index (χ2n) is 4.00. The number of amides is 1. The Morgan fingerprint density at radius 2 is 2.47 bits per heavy atom. The van der Waals surface area contributed by atoms with Crippen molar-refractivity contribution in [2.45, 2.75) is 25.4 Å². The van der Waals surface area contributed by atoms with Gasteiger partial charge in [-0.3, -0.25) is 9.78 Å². The molecule has 0 spiro atoms. The highest BCUT2D eigenvalue weighted by molar-refractivity contribution is 7.11. The third kappa shape index (κ3) is 2.03. The van der Waals surface area contributed by atoms with Crippen LogP contribution in [-0.4, -0.2) is 39.6 Å². The summed E-state index contributed by atoms with van der Waals surface area (Å²) in [6, 6.07) is 0. The van der Waals surface area contributed by atoms with Gasteiger partial charge >= 0.3 is 0 Å². The van der Waals surface area contributed by atoms with Crippen molar-refractivity contribution in [3.63, 3.8) is 0 Å². The van der Waals surface area contributed by atoms with Gasteiger partial charge in [0, 0.05) is 0 Å². The first-order valence-corrected chi connectivity index (χ1v) is 5.93. The van der Waals surface area contributed by atoms with E-state index in [4.69, 9.17) is 0 Å². The Hall–Kier alpha value is -0.940. The topological polar surface area (TPSA) is 53.4 Å². The van der Waals surface area contributed by atoms with Gasteiger partial charge in [-0.2, -0.15) is 0 Å². The predicted molar refractivity (Wildman–Crippen MR) is 57.9 cm³/mol. The maximum atomic E-state index is 11.8. The van der Waals surface area contributed by atoms with Crippen molar-refractivity contribution in [1.29, 1.82) is 0 Å². The number of carbonyl (C=O) groups is 1. The first-order chi connectivity index (χ1) is 7.14. The van der Waals surface area contributed by atoms with Crippen molar-refractivity contribution in [1.82, 2.24) is 9.88 Å². The Labute approximate surface area is 92.6 Å². The molecule has 0 unspecified atom stereocenters. The molecule has 1 saturated heterocycles. The summed E-state index contributed by atoms with van der Waals surface area (Å²) in [5.41, 5.74) is 1.00. The molecule has 2 heterocycles. The van der Waals surface area contributed by atoms with Crippen LogP contribution in [0.25, 0.3) is 0 Å². The molecule has 4 nitrogen and oxygen atoms in total. The molecule has 1 N–H and O–H groups in total. The molecule has 0 aromatic carbocycles. The van der Waals surface area contributed by atoms with Gasteiger partial charge in [-0.15, -0.1) is 11.3 Å². The summed E-state index contributed by atoms with van der Waals surface area (Å²) in [5.74, 6) is -0.0155. The number of hydrogen-bond donors (Lipinski definition) is 1. The Kier molecular flexibility index (Phi) is 2.75. The minimum atomic E-state index is -0.644. The SMILES string of the molecule is CCCC1(O)CN(C(=O)c2cncs2)C1. The van der Waals surface area contributed by atoms with Crippen LogP contribution in [0, 0.1) is 0 Å². The molecule has 15 heavy (non-hydrogen) atoms. The highest BCUT2D eigenvalue weighted by atomic mass is 32.1. The molecule has 1 aliphatic rings. The summed E-state index contributed by atoms with van der Waals surface area (Å²) in [5, 5.41) is 9.92. The average Bonchev–Trinajstić information content (AvgIpc) is 2.66. The van der Waals surface area contributed by atoms with Crippen LogP contribution in [0.5, 0.6) is 0 Å². The highest BCUT2D eigenvalue weighted by Gasteiger charge is 2.43. The second kappa shape index (κ2) is 3.90. The van der Waals surface area contributed by atoms with E-state index in [-0.39, 0.29) is 5.91 Å². The summed E-state index contributed by atoms with van der Waals surface area (Å²) in [4.78, 5) is 17.9. The van der Waals surface area contributed by atoms with Gasteiger partial charge in [-0.1, -0.05) is 13.3 Å². The van der Waals surface area contributed by atoms with E-state index in [1.54, 1.807) is 16.6 Å². The average molecular weight is 226 g/mol. The fourth-order valence-electron chi connectivity index (χ4n) is 1.91. The predicted octanol–water partition coefficient (Wildman–Crippen LogP) is 1.13. The summed E-state index contributed by atoms with van der Waals surface area (Å²) in [7, 11) is 0. The van der Waals surface area contributed by atoms with Crippen molar-refractivity contribution >= 4 is 17.2 Å². The van der Waals surface area contributed by atoms with Crippen molar-refractivity contribution in [3.05, 3.63) is 16.6 Å². The van der Waals surface area contributed by atoms with Crippen LogP contribution >= 0.6 is 11.3 Å². The van der Waals surface area contributed by atoms with Crippen LogP contribution in [0.4, 0.5) is 0 Å². The molecule has 0 bridgehead atoms. The fraction of sp³-hybridized carbons (Fsp3) is 0.600. The lowest BCUT2D eigenvalue weighted by Gasteiger charge is -2.46. The third-order valence-electron chi connectivity index (χ3n) is 2.62. The van der Waals surface area contributed by atoms with Crippen LogP contribution in [0.1, 0.15) is 29.4 Å². The summed E-state index contributed by atoms with van der Waals surface area (Å²) in [6.07, 6.45) is 3.28. The van der Waals surface area contributed by atoms with Gasteiger partial charge in [0.15, 0.2) is 0 Å². The first kappa shape index (κ1) is 10.6. The monoisotopic (exact) mass is 226 g/mol. The van der Waals surface area contributed by atoms with Crippen molar-refractivity contribution in [2.24, 2.45) is 0 Å². The van der Waals surface area contributed by atoms with E-state index in [9.17, 15) is 9.90 Å². The molecule has 1 amide bonds. The Morgan fingerprint density at radius 1 is 1.73 bits per heavy atom. The van der Waals surface area contributed by atoms with Gasteiger partial charge in [0.1, 0.15) is 4.88 Å². The van der Waals surface area contributed by atoms with Gasteiger partial charge in [0.05, 0.1) is 30.4 Å². The molecule has 1 aromatic rings. The van der Waals surface area contributed by atoms with Crippen molar-refractivity contribution in [2.75, 3.05) is 13.1 Å². The van der Waals surface area contributed by atoms with E-state index in [2.05, 4.69) is 4.98 Å². The Morgan fingerprint density at radius 3 is 3.00 bits per heavy atom. The number of likely N-dealkylation sites (tertiary alicyclic amines) is 1. The van der Waals surface area contributed by atoms with Crippen LogP contribution in [0.15, 0.2) is 11.7 Å². The van der Waals surface area contributed by atoms with Gasteiger partial charge in [0.25, 0.3) is 5.91 Å². The van der Waals surface area contributed by atoms with Crippen LogP contribution in [0.2, 0.25) is 0 Å². The van der Waals surface area contributed by atoms with Crippen LogP contribution in [0.3, 0.4) is 0 Å². The smallest absolute Gasteiger partial charge is 0.265 e. The zero-order valence-corrected chi connectivity index (χ0v) is 9.46. The molecule has 0 saturated carbocycles. The zero-order chi connectivity index (χ0) is 10.9. The summed E-state index contributed by atoms with van der Waals surface area (Å²) in [6.45, 7) is 2.95. The largest absolute Gasteiger partial charge is 0.386 e. The number of β-amino-alcohol motifs (C(OH)–C–C–N with tert-alkyl or cyclic N) is 1. The third-order valence-corrected chi connectivity index (χ3v) is 3.38. The molecule has 0 atom stereocenters. The summed E-state index contributed by atoms with van der Waals surface area (Å²) >= 11 is 1.34. The minimum absolute atomic E-state index is 0.0155. The molecule has 0 radical (unpaired) electrons. The van der Waals surface area contributed by atoms with Gasteiger partial charge in [0.2, 0.25) is 0 Å². The number of rotatable bonds is 3. The number of carbonyl (C=O) groups excluding carboxylic acids is 1. The molecule has 2 rings (SSSR count). The lowest BCUT2D eigenvalue weighted by Crippen LogP contribution is -2.63. The van der Waals surface area contributed by atoms with Crippen molar-refractivity contribution in [3.8, 4) is 0 Å². The van der Waals surface area contributed by atoms with Gasteiger partial charge in [-0.25, -0.2) is 0 Å². The number of aromatic nitrogens is 1. The minimum Gasteiger partial charge on any atom is -0.386 e. The standard InChI is InChI=1S/C10H14N2O2S/c1-2-3-10(14)5-12(6-10)9(13)8-4-11-7-15-8/h4,7,14H,2-3,5-6H2,1H3. The van der Waals surface area contributed by atoms with E-state index < -0.39 is 5.60 Å². The van der Waals surface area contributed by atoms with Gasteiger partial charge < -0.3 is 10.0 Å². The van der Waals surface area contributed by atoms with E-state index in [1.165, 1.54) is 11.3 Å². The lowest BCUT2D eigenvalue weighted by atomic mass is 9.89. The van der Waals surface area contributed by atoms with Crippen LogP contribution < -0.4 is 0 Å². The molecule has 1 fully saturated rings. The van der Waals surface area contributed by atoms with Crippen LogP contribution in [-0.2, 0) is 0 Å². The fourth-order valence-corrected chi connectivity index (χ4v) is 2.50. The zero-order valence-electron chi connectivity index (χ0n) is 8.64. The molecule has 5 heteroatoms. The molecular formula is C10H14N2O2S. The number of thiazole rings is 1. The van der Waals surface area contributed by atoms with Gasteiger partial charge in [-0.05, 0) is 6.42 Å². The van der Waals surface area contributed by atoms with E-state index >= 15 is 0 Å². The number of nitrogens with zero attached hydrogens (tertiary/aromatic N) is 2. The normalized spacial score (nSPS) is 18.7. The van der Waals surface area contributed by atoms with Crippen molar-refractivity contribution < 1.29 is 9.90 Å². The lowest BCUT2D eigenvalue weighted by molar-refractivity contribution is -0.0858. The Bertz CT molecular complexity index is 344. The quantitative estimate of drug-likeness (QED) is 0.840.